The van der Waals surface area contributed by atoms with Crippen molar-refractivity contribution in [3.05, 3.63) is 78.8 Å². The van der Waals surface area contributed by atoms with Gasteiger partial charge in [-0.25, -0.2) is 14.6 Å². The Kier molecular flexibility index (Phi) is 5.65. The molecule has 2 aromatic heterocycles. The number of para-hydroxylation sites is 1. The molecule has 0 bridgehead atoms. The molecule has 162 valence electrons. The summed E-state index contributed by atoms with van der Waals surface area (Å²) in [5.41, 5.74) is 2.69. The number of hydrogen-bond donors (Lipinski definition) is 1. The molecule has 1 aliphatic rings. The van der Waals surface area contributed by atoms with Crippen molar-refractivity contribution in [1.29, 1.82) is 0 Å². The molecule has 0 radical (unpaired) electrons. The number of carbonyl (C=O) groups is 1. The SMILES string of the molecule is O=C(NCCn1ncc2c(N3CCN(c4ccccc4)CC3)ncnc21)c1ccccc1. The van der Waals surface area contributed by atoms with Crippen molar-refractivity contribution < 1.29 is 4.79 Å². The summed E-state index contributed by atoms with van der Waals surface area (Å²) in [5.74, 6) is 0.830. The molecule has 0 spiro atoms. The molecule has 3 heterocycles. The van der Waals surface area contributed by atoms with Gasteiger partial charge in [0.1, 0.15) is 12.1 Å². The van der Waals surface area contributed by atoms with E-state index in [1.54, 1.807) is 18.5 Å². The van der Waals surface area contributed by atoms with E-state index in [9.17, 15) is 4.79 Å². The van der Waals surface area contributed by atoms with Crippen LogP contribution in [-0.4, -0.2) is 58.4 Å². The highest BCUT2D eigenvalue weighted by molar-refractivity contribution is 5.94. The van der Waals surface area contributed by atoms with Crippen LogP contribution in [0.25, 0.3) is 11.0 Å². The Balaban J connectivity index is 1.24. The van der Waals surface area contributed by atoms with E-state index in [4.69, 9.17) is 0 Å². The molecule has 1 saturated heterocycles. The molecule has 0 saturated carbocycles. The molecular formula is C24H25N7O. The minimum atomic E-state index is -0.0892. The minimum Gasteiger partial charge on any atom is -0.368 e. The zero-order valence-electron chi connectivity index (χ0n) is 17.8. The third kappa shape index (κ3) is 4.12. The van der Waals surface area contributed by atoms with Gasteiger partial charge in [-0.1, -0.05) is 36.4 Å². The lowest BCUT2D eigenvalue weighted by Gasteiger charge is -2.36. The van der Waals surface area contributed by atoms with Crippen LogP contribution in [0.3, 0.4) is 0 Å². The van der Waals surface area contributed by atoms with E-state index in [0.717, 1.165) is 43.0 Å². The maximum atomic E-state index is 12.2. The maximum absolute atomic E-state index is 12.2. The Bertz CT molecular complexity index is 1180. The van der Waals surface area contributed by atoms with E-state index in [1.807, 2.05) is 35.1 Å². The predicted molar refractivity (Wildman–Crippen MR) is 125 cm³/mol. The molecule has 1 amide bonds. The summed E-state index contributed by atoms with van der Waals surface area (Å²) < 4.78 is 1.83. The van der Waals surface area contributed by atoms with Gasteiger partial charge in [-0.2, -0.15) is 5.10 Å². The standard InChI is InChI=1S/C24H25N7O/c32-24(19-7-3-1-4-8-19)25-11-12-31-23-21(17-28-31)22(26-18-27-23)30-15-13-29(14-16-30)20-9-5-2-6-10-20/h1-10,17-18H,11-16H2,(H,25,32). The van der Waals surface area contributed by atoms with Gasteiger partial charge in [0.25, 0.3) is 5.91 Å². The fraction of sp³-hybridized carbons (Fsp3) is 0.250. The highest BCUT2D eigenvalue weighted by Gasteiger charge is 2.21. The van der Waals surface area contributed by atoms with E-state index < -0.39 is 0 Å². The van der Waals surface area contributed by atoms with Gasteiger partial charge in [-0.05, 0) is 24.3 Å². The molecule has 0 aliphatic carbocycles. The Hall–Kier alpha value is -3.94. The molecule has 1 fully saturated rings. The van der Waals surface area contributed by atoms with Gasteiger partial charge in [-0.3, -0.25) is 4.79 Å². The summed E-state index contributed by atoms with van der Waals surface area (Å²) in [6.45, 7) is 4.67. The zero-order chi connectivity index (χ0) is 21.8. The number of hydrogen-bond acceptors (Lipinski definition) is 6. The molecule has 1 aliphatic heterocycles. The minimum absolute atomic E-state index is 0.0892. The third-order valence-corrected chi connectivity index (χ3v) is 5.76. The second-order valence-electron chi connectivity index (χ2n) is 7.73. The van der Waals surface area contributed by atoms with E-state index in [0.29, 0.717) is 18.7 Å². The monoisotopic (exact) mass is 427 g/mol. The first-order valence-corrected chi connectivity index (χ1v) is 10.8. The molecule has 5 rings (SSSR count). The van der Waals surface area contributed by atoms with Crippen molar-refractivity contribution in [3.63, 3.8) is 0 Å². The van der Waals surface area contributed by atoms with Gasteiger partial charge in [0.2, 0.25) is 0 Å². The highest BCUT2D eigenvalue weighted by Crippen LogP contribution is 2.25. The second kappa shape index (κ2) is 9.05. The quantitative estimate of drug-likeness (QED) is 0.510. The summed E-state index contributed by atoms with van der Waals surface area (Å²) in [6, 6.07) is 19.7. The van der Waals surface area contributed by atoms with Crippen molar-refractivity contribution in [2.24, 2.45) is 0 Å². The van der Waals surface area contributed by atoms with Crippen LogP contribution in [0.15, 0.2) is 73.2 Å². The average molecular weight is 428 g/mol. The van der Waals surface area contributed by atoms with Gasteiger partial charge in [-0.15, -0.1) is 0 Å². The lowest BCUT2D eigenvalue weighted by Crippen LogP contribution is -2.46. The van der Waals surface area contributed by atoms with Crippen molar-refractivity contribution in [2.45, 2.75) is 6.54 Å². The largest absolute Gasteiger partial charge is 0.368 e. The fourth-order valence-electron chi connectivity index (χ4n) is 4.08. The number of nitrogens with zero attached hydrogens (tertiary/aromatic N) is 6. The first-order chi connectivity index (χ1) is 15.8. The van der Waals surface area contributed by atoms with Gasteiger partial charge in [0.15, 0.2) is 5.65 Å². The number of carbonyl (C=O) groups excluding carboxylic acids is 1. The van der Waals surface area contributed by atoms with Crippen LogP contribution in [0.2, 0.25) is 0 Å². The van der Waals surface area contributed by atoms with E-state index in [1.165, 1.54) is 5.69 Å². The molecule has 0 unspecified atom stereocenters. The summed E-state index contributed by atoms with van der Waals surface area (Å²) >= 11 is 0. The summed E-state index contributed by atoms with van der Waals surface area (Å²) in [4.78, 5) is 26.0. The Labute approximate surface area is 186 Å². The third-order valence-electron chi connectivity index (χ3n) is 5.76. The number of benzene rings is 2. The fourth-order valence-corrected chi connectivity index (χ4v) is 4.08. The van der Waals surface area contributed by atoms with Crippen LogP contribution < -0.4 is 15.1 Å². The topological polar surface area (TPSA) is 79.2 Å². The summed E-state index contributed by atoms with van der Waals surface area (Å²) in [7, 11) is 0. The second-order valence-corrected chi connectivity index (χ2v) is 7.73. The van der Waals surface area contributed by atoms with Crippen LogP contribution in [0.4, 0.5) is 11.5 Å². The van der Waals surface area contributed by atoms with Crippen LogP contribution in [0.5, 0.6) is 0 Å². The summed E-state index contributed by atoms with van der Waals surface area (Å²) in [5, 5.41) is 8.39. The smallest absolute Gasteiger partial charge is 0.251 e. The average Bonchev–Trinajstić information content (AvgIpc) is 3.28. The number of anilines is 2. The van der Waals surface area contributed by atoms with Crippen molar-refractivity contribution in [3.8, 4) is 0 Å². The maximum Gasteiger partial charge on any atom is 0.251 e. The molecule has 0 atom stereocenters. The van der Waals surface area contributed by atoms with Crippen LogP contribution in [0.1, 0.15) is 10.4 Å². The highest BCUT2D eigenvalue weighted by atomic mass is 16.1. The van der Waals surface area contributed by atoms with Crippen molar-refractivity contribution in [2.75, 3.05) is 42.5 Å². The molecular weight excluding hydrogens is 402 g/mol. The first kappa shape index (κ1) is 20.0. The number of rotatable bonds is 6. The van der Waals surface area contributed by atoms with Gasteiger partial charge < -0.3 is 15.1 Å². The van der Waals surface area contributed by atoms with Crippen LogP contribution in [0, 0.1) is 0 Å². The van der Waals surface area contributed by atoms with Crippen molar-refractivity contribution >= 4 is 28.4 Å². The molecule has 1 N–H and O–H groups in total. The lowest BCUT2D eigenvalue weighted by molar-refractivity contribution is 0.0952. The van der Waals surface area contributed by atoms with E-state index >= 15 is 0 Å². The van der Waals surface area contributed by atoms with Crippen LogP contribution >= 0.6 is 0 Å². The number of piperazine rings is 1. The van der Waals surface area contributed by atoms with E-state index in [-0.39, 0.29) is 5.91 Å². The van der Waals surface area contributed by atoms with Gasteiger partial charge in [0, 0.05) is 44.0 Å². The van der Waals surface area contributed by atoms with Crippen molar-refractivity contribution in [1.82, 2.24) is 25.1 Å². The van der Waals surface area contributed by atoms with Crippen LogP contribution in [-0.2, 0) is 6.54 Å². The Morgan fingerprint density at radius 1 is 0.875 bits per heavy atom. The summed E-state index contributed by atoms with van der Waals surface area (Å²) in [6.07, 6.45) is 3.43. The Morgan fingerprint density at radius 3 is 2.31 bits per heavy atom. The molecule has 8 nitrogen and oxygen atoms in total. The predicted octanol–water partition coefficient (Wildman–Crippen LogP) is 2.58. The molecule has 32 heavy (non-hydrogen) atoms. The first-order valence-electron chi connectivity index (χ1n) is 10.8. The molecule has 2 aromatic carbocycles. The normalized spacial score (nSPS) is 14.0. The zero-order valence-corrected chi connectivity index (χ0v) is 17.8. The molecule has 4 aromatic rings. The van der Waals surface area contributed by atoms with Gasteiger partial charge >= 0.3 is 0 Å². The lowest BCUT2D eigenvalue weighted by atomic mass is 10.2. The van der Waals surface area contributed by atoms with E-state index in [2.05, 4.69) is 54.4 Å². The van der Waals surface area contributed by atoms with Gasteiger partial charge in [0.05, 0.1) is 18.1 Å². The number of fused-ring (bicyclic) bond motifs is 1. The molecule has 8 heteroatoms. The number of amides is 1. The number of nitrogens with one attached hydrogen (secondary N) is 1. The Morgan fingerprint density at radius 2 is 1.56 bits per heavy atom. The number of aromatic nitrogens is 4.